The van der Waals surface area contributed by atoms with Gasteiger partial charge in [-0.3, -0.25) is 4.79 Å². The quantitative estimate of drug-likeness (QED) is 0.804. The number of hydrogen-bond acceptors (Lipinski definition) is 4. The van der Waals surface area contributed by atoms with E-state index in [1.54, 1.807) is 18.4 Å². The predicted molar refractivity (Wildman–Crippen MR) is 74.8 cm³/mol. The summed E-state index contributed by atoms with van der Waals surface area (Å²) in [5, 5.41) is 0. The van der Waals surface area contributed by atoms with Gasteiger partial charge in [0.05, 0.1) is 29.7 Å². The monoisotopic (exact) mass is 259 g/mol. The number of primary amides is 1. The molecule has 0 bridgehead atoms. The Kier molecular flexibility index (Phi) is 3.75. The van der Waals surface area contributed by atoms with Crippen molar-refractivity contribution in [1.29, 1.82) is 0 Å². The van der Waals surface area contributed by atoms with Crippen LogP contribution in [0.15, 0.2) is 41.0 Å². The number of furan rings is 1. The molecule has 1 aromatic heterocycles. The standard InChI is InChI=1S/C14H17N3O2/c1-2-17(9-10-5-4-8-19-10)12-7-3-6-11(13(12)15)14(16)18/h3-8H,2,9,15H2,1H3,(H2,16,18). The molecule has 5 heteroatoms. The Balaban J connectivity index is 2.33. The molecule has 0 aliphatic heterocycles. The molecule has 0 spiro atoms. The zero-order chi connectivity index (χ0) is 13.8. The van der Waals surface area contributed by atoms with E-state index in [-0.39, 0.29) is 0 Å². The lowest BCUT2D eigenvalue weighted by Crippen LogP contribution is -2.24. The van der Waals surface area contributed by atoms with Crippen molar-refractivity contribution >= 4 is 17.3 Å². The van der Waals surface area contributed by atoms with Gasteiger partial charge in [0.2, 0.25) is 0 Å². The Morgan fingerprint density at radius 3 is 2.68 bits per heavy atom. The summed E-state index contributed by atoms with van der Waals surface area (Å²) in [7, 11) is 0. The van der Waals surface area contributed by atoms with Gasteiger partial charge in [0.15, 0.2) is 0 Å². The van der Waals surface area contributed by atoms with Crippen LogP contribution >= 0.6 is 0 Å². The van der Waals surface area contributed by atoms with Crippen molar-refractivity contribution in [3.8, 4) is 0 Å². The second-order valence-corrected chi connectivity index (χ2v) is 4.20. The summed E-state index contributed by atoms with van der Waals surface area (Å²) in [5.41, 5.74) is 12.9. The lowest BCUT2D eigenvalue weighted by molar-refractivity contribution is 0.100. The van der Waals surface area contributed by atoms with Gasteiger partial charge < -0.3 is 20.8 Å². The van der Waals surface area contributed by atoms with Gasteiger partial charge in [0.25, 0.3) is 5.91 Å². The predicted octanol–water partition coefficient (Wildman–Crippen LogP) is 1.99. The number of hydrogen-bond donors (Lipinski definition) is 2. The van der Waals surface area contributed by atoms with Crippen LogP contribution in [-0.4, -0.2) is 12.5 Å². The fraction of sp³-hybridized carbons (Fsp3) is 0.214. The minimum Gasteiger partial charge on any atom is -0.467 e. The molecule has 0 radical (unpaired) electrons. The molecule has 2 aromatic rings. The molecule has 1 heterocycles. The van der Waals surface area contributed by atoms with Crippen molar-refractivity contribution in [2.75, 3.05) is 17.2 Å². The van der Waals surface area contributed by atoms with Crippen molar-refractivity contribution in [2.24, 2.45) is 5.73 Å². The number of amides is 1. The van der Waals surface area contributed by atoms with Gasteiger partial charge in [-0.2, -0.15) is 0 Å². The number of rotatable bonds is 5. The molecule has 0 atom stereocenters. The first-order chi connectivity index (χ1) is 9.13. The van der Waals surface area contributed by atoms with Gasteiger partial charge in [-0.1, -0.05) is 6.07 Å². The molecule has 0 fully saturated rings. The minimum absolute atomic E-state index is 0.343. The summed E-state index contributed by atoms with van der Waals surface area (Å²) in [6.45, 7) is 3.35. The summed E-state index contributed by atoms with van der Waals surface area (Å²) in [5.74, 6) is 0.319. The maximum atomic E-state index is 11.3. The molecule has 0 aliphatic carbocycles. The largest absolute Gasteiger partial charge is 0.467 e. The first-order valence-electron chi connectivity index (χ1n) is 6.09. The van der Waals surface area contributed by atoms with E-state index in [2.05, 4.69) is 0 Å². The second-order valence-electron chi connectivity index (χ2n) is 4.20. The molecular weight excluding hydrogens is 242 g/mol. The van der Waals surface area contributed by atoms with Crippen molar-refractivity contribution in [1.82, 2.24) is 0 Å². The Bertz CT molecular complexity index is 564. The number of carbonyl (C=O) groups is 1. The fourth-order valence-electron chi connectivity index (χ4n) is 2.00. The molecule has 5 nitrogen and oxygen atoms in total. The third kappa shape index (κ3) is 2.70. The topological polar surface area (TPSA) is 85.5 Å². The van der Waals surface area contributed by atoms with Crippen LogP contribution in [0.4, 0.5) is 11.4 Å². The van der Waals surface area contributed by atoms with Gasteiger partial charge >= 0.3 is 0 Å². The molecular formula is C14H17N3O2. The van der Waals surface area contributed by atoms with E-state index < -0.39 is 5.91 Å². The van der Waals surface area contributed by atoms with Crippen LogP contribution in [0.3, 0.4) is 0 Å². The second kappa shape index (κ2) is 5.48. The zero-order valence-electron chi connectivity index (χ0n) is 10.8. The van der Waals surface area contributed by atoms with Crippen molar-refractivity contribution in [3.63, 3.8) is 0 Å². The van der Waals surface area contributed by atoms with Crippen LogP contribution in [-0.2, 0) is 6.54 Å². The lowest BCUT2D eigenvalue weighted by atomic mass is 10.1. The van der Waals surface area contributed by atoms with Gasteiger partial charge in [-0.15, -0.1) is 0 Å². The van der Waals surface area contributed by atoms with Gasteiger partial charge in [0.1, 0.15) is 5.76 Å². The average Bonchev–Trinajstić information content (AvgIpc) is 2.89. The first kappa shape index (κ1) is 13.0. The highest BCUT2D eigenvalue weighted by molar-refractivity contribution is 6.00. The zero-order valence-corrected chi connectivity index (χ0v) is 10.8. The highest BCUT2D eigenvalue weighted by Crippen LogP contribution is 2.27. The van der Waals surface area contributed by atoms with E-state index in [9.17, 15) is 4.79 Å². The van der Waals surface area contributed by atoms with E-state index in [1.807, 2.05) is 30.0 Å². The van der Waals surface area contributed by atoms with Crippen LogP contribution in [0.2, 0.25) is 0 Å². The van der Waals surface area contributed by atoms with Crippen LogP contribution in [0.5, 0.6) is 0 Å². The van der Waals surface area contributed by atoms with Gasteiger partial charge in [0, 0.05) is 6.54 Å². The fourth-order valence-corrected chi connectivity index (χ4v) is 2.00. The molecule has 19 heavy (non-hydrogen) atoms. The number of nitrogens with zero attached hydrogens (tertiary/aromatic N) is 1. The molecule has 0 unspecified atom stereocenters. The van der Waals surface area contributed by atoms with Crippen LogP contribution in [0.1, 0.15) is 23.0 Å². The average molecular weight is 259 g/mol. The Hall–Kier alpha value is -2.43. The number of anilines is 2. The van der Waals surface area contributed by atoms with E-state index in [0.29, 0.717) is 17.8 Å². The molecule has 0 saturated heterocycles. The normalized spacial score (nSPS) is 10.4. The molecule has 0 saturated carbocycles. The number of benzene rings is 1. The minimum atomic E-state index is -0.520. The van der Waals surface area contributed by atoms with E-state index in [4.69, 9.17) is 15.9 Å². The summed E-state index contributed by atoms with van der Waals surface area (Å²) in [4.78, 5) is 13.3. The van der Waals surface area contributed by atoms with Gasteiger partial charge in [-0.25, -0.2) is 0 Å². The van der Waals surface area contributed by atoms with E-state index >= 15 is 0 Å². The summed E-state index contributed by atoms with van der Waals surface area (Å²) in [6, 6.07) is 9.01. The molecule has 0 aliphatic rings. The number of nitrogens with two attached hydrogens (primary N) is 2. The summed E-state index contributed by atoms with van der Waals surface area (Å²) >= 11 is 0. The van der Waals surface area contributed by atoms with Crippen molar-refractivity contribution in [3.05, 3.63) is 47.9 Å². The third-order valence-corrected chi connectivity index (χ3v) is 3.00. The smallest absolute Gasteiger partial charge is 0.250 e. The summed E-state index contributed by atoms with van der Waals surface area (Å²) in [6.07, 6.45) is 1.63. The molecule has 2 rings (SSSR count). The number of carbonyl (C=O) groups excluding carboxylic acids is 1. The maximum Gasteiger partial charge on any atom is 0.250 e. The molecule has 1 aromatic carbocycles. The first-order valence-corrected chi connectivity index (χ1v) is 6.09. The Morgan fingerprint density at radius 2 is 2.11 bits per heavy atom. The lowest BCUT2D eigenvalue weighted by Gasteiger charge is -2.24. The Labute approximate surface area is 111 Å². The highest BCUT2D eigenvalue weighted by Gasteiger charge is 2.14. The van der Waals surface area contributed by atoms with Crippen LogP contribution < -0.4 is 16.4 Å². The van der Waals surface area contributed by atoms with E-state index in [0.717, 1.165) is 18.0 Å². The number of nitrogen functional groups attached to an aromatic ring is 1. The SMILES string of the molecule is CCN(Cc1ccco1)c1cccc(C(N)=O)c1N. The summed E-state index contributed by atoms with van der Waals surface area (Å²) < 4.78 is 5.33. The van der Waals surface area contributed by atoms with Crippen LogP contribution in [0.25, 0.3) is 0 Å². The number of para-hydroxylation sites is 1. The van der Waals surface area contributed by atoms with Crippen molar-refractivity contribution in [2.45, 2.75) is 13.5 Å². The highest BCUT2D eigenvalue weighted by atomic mass is 16.3. The van der Waals surface area contributed by atoms with E-state index in [1.165, 1.54) is 0 Å². The van der Waals surface area contributed by atoms with Crippen molar-refractivity contribution < 1.29 is 9.21 Å². The van der Waals surface area contributed by atoms with Crippen LogP contribution in [0, 0.1) is 0 Å². The maximum absolute atomic E-state index is 11.3. The Morgan fingerprint density at radius 1 is 1.32 bits per heavy atom. The molecule has 1 amide bonds. The third-order valence-electron chi connectivity index (χ3n) is 3.00. The van der Waals surface area contributed by atoms with Gasteiger partial charge in [-0.05, 0) is 31.2 Å². The molecule has 100 valence electrons. The molecule has 4 N–H and O–H groups in total.